The molecular weight excluding hydrogens is 374 g/mol. The van der Waals surface area contributed by atoms with E-state index in [0.717, 1.165) is 22.2 Å². The minimum Gasteiger partial charge on any atom is -0.214 e. The summed E-state index contributed by atoms with van der Waals surface area (Å²) in [5.74, 6) is 0.909. The molecule has 0 saturated heterocycles. The fourth-order valence-corrected chi connectivity index (χ4v) is 4.31. The van der Waals surface area contributed by atoms with Gasteiger partial charge in [-0.3, -0.25) is 0 Å². The van der Waals surface area contributed by atoms with Gasteiger partial charge in [-0.1, -0.05) is 50.2 Å². The number of hydrogen-bond acceptors (Lipinski definition) is 5. The first kappa shape index (κ1) is 18.5. The van der Waals surface area contributed by atoms with Gasteiger partial charge in [0.05, 0.1) is 10.6 Å². The molecule has 0 spiro atoms. The van der Waals surface area contributed by atoms with E-state index in [9.17, 15) is 8.42 Å². The van der Waals surface area contributed by atoms with Crippen molar-refractivity contribution in [3.8, 4) is 11.3 Å². The van der Waals surface area contributed by atoms with E-state index >= 15 is 0 Å². The molecule has 0 fully saturated rings. The second-order valence-electron chi connectivity index (χ2n) is 7.03. The molecule has 0 aliphatic rings. The van der Waals surface area contributed by atoms with Gasteiger partial charge >= 0.3 is 0 Å². The summed E-state index contributed by atoms with van der Waals surface area (Å²) >= 11 is 0. The third kappa shape index (κ3) is 2.85. The third-order valence-corrected chi connectivity index (χ3v) is 6.38. The van der Waals surface area contributed by atoms with Crippen LogP contribution < -0.4 is 4.72 Å². The second-order valence-corrected chi connectivity index (χ2v) is 8.89. The summed E-state index contributed by atoms with van der Waals surface area (Å²) in [6.45, 7) is 5.85. The average Bonchev–Trinajstić information content (AvgIpc) is 3.12. The molecule has 0 unspecified atom stereocenters. The van der Waals surface area contributed by atoms with Gasteiger partial charge in [0.15, 0.2) is 11.5 Å². The number of benzene rings is 2. The molecule has 8 heteroatoms. The lowest BCUT2D eigenvalue weighted by molar-refractivity contribution is 0.587. The number of nitrogens with one attached hydrogen (secondary N) is 1. The van der Waals surface area contributed by atoms with Gasteiger partial charge in [0.2, 0.25) is 10.0 Å². The Labute approximate surface area is 163 Å². The smallest absolute Gasteiger partial charge is 0.214 e. The first-order valence-electron chi connectivity index (χ1n) is 9.02. The highest BCUT2D eigenvalue weighted by Crippen LogP contribution is 2.31. The highest BCUT2D eigenvalue weighted by molar-refractivity contribution is 7.89. The summed E-state index contributed by atoms with van der Waals surface area (Å²) in [6, 6.07) is 13.2. The molecule has 0 radical (unpaired) electrons. The van der Waals surface area contributed by atoms with Gasteiger partial charge in [-0.15, -0.1) is 10.2 Å². The predicted molar refractivity (Wildman–Crippen MR) is 109 cm³/mol. The number of aromatic nitrogens is 4. The van der Waals surface area contributed by atoms with Crippen molar-refractivity contribution in [2.24, 2.45) is 0 Å². The van der Waals surface area contributed by atoms with Gasteiger partial charge in [0.1, 0.15) is 0 Å². The summed E-state index contributed by atoms with van der Waals surface area (Å²) in [7, 11) is -2.17. The van der Waals surface area contributed by atoms with Crippen molar-refractivity contribution in [3.63, 3.8) is 0 Å². The Morgan fingerprint density at radius 1 is 1.04 bits per heavy atom. The van der Waals surface area contributed by atoms with Crippen molar-refractivity contribution >= 4 is 26.4 Å². The first-order valence-corrected chi connectivity index (χ1v) is 10.5. The fraction of sp³-hybridized carbons (Fsp3) is 0.250. The van der Waals surface area contributed by atoms with Crippen LogP contribution in [0.1, 0.15) is 31.2 Å². The van der Waals surface area contributed by atoms with Crippen LogP contribution in [0.3, 0.4) is 0 Å². The Kier molecular flexibility index (Phi) is 4.40. The molecule has 2 heterocycles. The maximum Gasteiger partial charge on any atom is 0.240 e. The SMILES string of the molecule is CNS(=O)(=O)c1cc(-c2nn3c(C(C)C)nnc3c3ccccc23)ccc1C. The summed E-state index contributed by atoms with van der Waals surface area (Å²) in [5.41, 5.74) is 2.78. The van der Waals surface area contributed by atoms with E-state index < -0.39 is 10.0 Å². The highest BCUT2D eigenvalue weighted by Gasteiger charge is 2.20. The molecule has 0 aliphatic heterocycles. The maximum absolute atomic E-state index is 12.4. The molecule has 28 heavy (non-hydrogen) atoms. The summed E-state index contributed by atoms with van der Waals surface area (Å²) < 4.78 is 29.0. The number of nitrogens with zero attached hydrogens (tertiary/aromatic N) is 4. The number of sulfonamides is 1. The van der Waals surface area contributed by atoms with Crippen molar-refractivity contribution in [2.45, 2.75) is 31.6 Å². The van der Waals surface area contributed by atoms with Crippen molar-refractivity contribution < 1.29 is 8.42 Å². The zero-order valence-electron chi connectivity index (χ0n) is 16.1. The summed E-state index contributed by atoms with van der Waals surface area (Å²) in [5, 5.41) is 15.3. The van der Waals surface area contributed by atoms with Crippen molar-refractivity contribution in [3.05, 3.63) is 53.9 Å². The van der Waals surface area contributed by atoms with Crippen LogP contribution in [0.2, 0.25) is 0 Å². The normalized spacial score (nSPS) is 12.3. The van der Waals surface area contributed by atoms with E-state index in [1.54, 1.807) is 23.6 Å². The molecule has 0 amide bonds. The summed E-state index contributed by atoms with van der Waals surface area (Å²) in [6.07, 6.45) is 0. The molecule has 2 aromatic heterocycles. The number of fused-ring (bicyclic) bond motifs is 3. The highest BCUT2D eigenvalue weighted by atomic mass is 32.2. The Bertz CT molecular complexity index is 1310. The van der Waals surface area contributed by atoms with E-state index in [4.69, 9.17) is 5.10 Å². The molecule has 0 atom stereocenters. The van der Waals surface area contributed by atoms with E-state index in [2.05, 4.69) is 14.9 Å². The predicted octanol–water partition coefficient (Wildman–Crippen LogP) is 3.28. The van der Waals surface area contributed by atoms with Crippen LogP contribution in [0, 0.1) is 6.92 Å². The Balaban J connectivity index is 2.08. The van der Waals surface area contributed by atoms with Crippen LogP contribution in [0.15, 0.2) is 47.4 Å². The Morgan fingerprint density at radius 2 is 1.75 bits per heavy atom. The van der Waals surface area contributed by atoms with Gasteiger partial charge in [0, 0.05) is 22.3 Å². The topological polar surface area (TPSA) is 89.2 Å². The lowest BCUT2D eigenvalue weighted by Gasteiger charge is -2.12. The minimum atomic E-state index is -3.58. The zero-order valence-corrected chi connectivity index (χ0v) is 16.9. The summed E-state index contributed by atoms with van der Waals surface area (Å²) in [4.78, 5) is 0.242. The lowest BCUT2D eigenvalue weighted by Crippen LogP contribution is -2.19. The largest absolute Gasteiger partial charge is 0.240 e. The van der Waals surface area contributed by atoms with Gasteiger partial charge < -0.3 is 0 Å². The average molecular weight is 395 g/mol. The zero-order chi connectivity index (χ0) is 20.1. The van der Waals surface area contributed by atoms with Gasteiger partial charge in [-0.25, -0.2) is 13.1 Å². The Morgan fingerprint density at radius 3 is 2.43 bits per heavy atom. The molecule has 144 valence electrons. The monoisotopic (exact) mass is 395 g/mol. The van der Waals surface area contributed by atoms with Crippen LogP contribution in [0.25, 0.3) is 27.7 Å². The Hall–Kier alpha value is -2.84. The molecular formula is C20H21N5O2S. The lowest BCUT2D eigenvalue weighted by atomic mass is 10.0. The third-order valence-electron chi connectivity index (χ3n) is 4.82. The molecule has 7 nitrogen and oxygen atoms in total. The molecule has 0 aliphatic carbocycles. The minimum absolute atomic E-state index is 0.148. The van der Waals surface area contributed by atoms with Crippen LogP contribution in [0.4, 0.5) is 0 Å². The van der Waals surface area contributed by atoms with E-state index in [1.807, 2.05) is 44.2 Å². The second kappa shape index (κ2) is 6.65. The molecule has 0 bridgehead atoms. The van der Waals surface area contributed by atoms with Crippen molar-refractivity contribution in [2.75, 3.05) is 7.05 Å². The van der Waals surface area contributed by atoms with Gasteiger partial charge in [0.25, 0.3) is 0 Å². The molecule has 4 rings (SSSR count). The van der Waals surface area contributed by atoms with Crippen LogP contribution in [-0.2, 0) is 10.0 Å². The van der Waals surface area contributed by atoms with Crippen LogP contribution in [-0.4, -0.2) is 35.3 Å². The molecule has 2 aromatic carbocycles. The molecule has 1 N–H and O–H groups in total. The van der Waals surface area contributed by atoms with E-state index in [0.29, 0.717) is 16.9 Å². The van der Waals surface area contributed by atoms with E-state index in [1.165, 1.54) is 7.05 Å². The maximum atomic E-state index is 12.4. The molecule has 0 saturated carbocycles. The van der Waals surface area contributed by atoms with Gasteiger partial charge in [-0.05, 0) is 25.6 Å². The number of aryl methyl sites for hydroxylation is 1. The van der Waals surface area contributed by atoms with Crippen LogP contribution >= 0.6 is 0 Å². The molecule has 4 aromatic rings. The van der Waals surface area contributed by atoms with Crippen LogP contribution in [0.5, 0.6) is 0 Å². The van der Waals surface area contributed by atoms with Crippen molar-refractivity contribution in [1.82, 2.24) is 24.5 Å². The van der Waals surface area contributed by atoms with Gasteiger partial charge in [-0.2, -0.15) is 9.61 Å². The van der Waals surface area contributed by atoms with Crippen molar-refractivity contribution in [1.29, 1.82) is 0 Å². The number of hydrogen-bond donors (Lipinski definition) is 1. The quantitative estimate of drug-likeness (QED) is 0.573. The standard InChI is InChI=1S/C20H21N5O2S/c1-12(2)19-22-23-20-16-8-6-5-7-15(16)18(24-25(19)20)14-10-9-13(3)17(11-14)28(26,27)21-4/h5-12,21H,1-4H3. The van der Waals surface area contributed by atoms with E-state index in [-0.39, 0.29) is 10.8 Å². The number of rotatable bonds is 4. The fourth-order valence-electron chi connectivity index (χ4n) is 3.32. The first-order chi connectivity index (χ1) is 13.3.